The molecule has 72 valence electrons. The highest BCUT2D eigenvalue weighted by atomic mass is 14.7. The Hall–Kier alpha value is -0.850. The van der Waals surface area contributed by atoms with Crippen LogP contribution in [0.3, 0.4) is 0 Å². The molecule has 0 aromatic rings. The molecule has 0 atom stereocenters. The Balaban J connectivity index is 3.03. The lowest BCUT2D eigenvalue weighted by Gasteiger charge is -2.15. The van der Waals surface area contributed by atoms with Gasteiger partial charge in [-0.2, -0.15) is 0 Å². The second-order valence-electron chi connectivity index (χ2n) is 4.17. The first-order valence-corrected chi connectivity index (χ1v) is 4.94. The van der Waals surface area contributed by atoms with E-state index in [1.54, 1.807) is 0 Å². The number of rotatable bonds is 4. The van der Waals surface area contributed by atoms with E-state index in [-0.39, 0.29) is 0 Å². The molecule has 0 N–H and O–H groups in total. The van der Waals surface area contributed by atoms with E-state index in [9.17, 15) is 0 Å². The minimum absolute atomic E-state index is 0.513. The molecule has 0 aromatic heterocycles. The van der Waals surface area contributed by atoms with Crippen molar-refractivity contribution in [1.29, 1.82) is 0 Å². The van der Waals surface area contributed by atoms with E-state index in [4.69, 9.17) is 0 Å². The third-order valence-electron chi connectivity index (χ3n) is 2.45. The van der Waals surface area contributed by atoms with Gasteiger partial charge in [-0.1, -0.05) is 26.0 Å². The summed E-state index contributed by atoms with van der Waals surface area (Å²) in [6, 6.07) is 0. The minimum Gasteiger partial charge on any atom is -0.268 e. The summed E-state index contributed by atoms with van der Waals surface area (Å²) in [4.78, 5) is 4.16. The molecule has 0 radical (unpaired) electrons. The van der Waals surface area contributed by atoms with Gasteiger partial charge in [0.15, 0.2) is 0 Å². The molecular formula is C12H19N. The lowest BCUT2D eigenvalue weighted by molar-refractivity contribution is 0.746. The van der Waals surface area contributed by atoms with Crippen LogP contribution in [0.5, 0.6) is 0 Å². The third kappa shape index (κ3) is 2.30. The number of nitrogens with zero attached hydrogens (tertiary/aromatic N) is 1. The van der Waals surface area contributed by atoms with Gasteiger partial charge in [-0.25, -0.2) is 0 Å². The number of hydrogen-bond acceptors (Lipinski definition) is 1. The van der Waals surface area contributed by atoms with Crippen molar-refractivity contribution in [3.63, 3.8) is 0 Å². The number of aliphatic imine (C=N–C) groups is 1. The zero-order valence-corrected chi connectivity index (χ0v) is 8.93. The lowest BCUT2D eigenvalue weighted by atomic mass is 9.93. The van der Waals surface area contributed by atoms with E-state index in [0.29, 0.717) is 11.8 Å². The Morgan fingerprint density at radius 2 is 1.92 bits per heavy atom. The maximum atomic E-state index is 4.16. The van der Waals surface area contributed by atoms with Crippen molar-refractivity contribution >= 4 is 6.72 Å². The average molecular weight is 177 g/mol. The van der Waals surface area contributed by atoms with Gasteiger partial charge in [-0.05, 0) is 38.0 Å². The summed E-state index contributed by atoms with van der Waals surface area (Å²) in [5, 5.41) is 0. The summed E-state index contributed by atoms with van der Waals surface area (Å²) in [5.74, 6) is 1.19. The van der Waals surface area contributed by atoms with Crippen LogP contribution in [0.1, 0.15) is 33.6 Å². The molecule has 13 heavy (non-hydrogen) atoms. The molecule has 1 aliphatic rings. The molecule has 0 bridgehead atoms. The van der Waals surface area contributed by atoms with E-state index in [1.165, 1.54) is 24.1 Å². The van der Waals surface area contributed by atoms with Crippen LogP contribution in [-0.2, 0) is 0 Å². The van der Waals surface area contributed by atoms with Crippen LogP contribution in [0.25, 0.3) is 0 Å². The first-order valence-electron chi connectivity index (χ1n) is 4.94. The molecule has 0 heterocycles. The Bertz CT molecular complexity index is 254. The standard InChI is InChI=1S/C12H19N/c1-8(2)11(9(3)4)12(13-5)10-6-7-10/h9-10H,1,5-7H2,2-4H3/b12-11+. The summed E-state index contributed by atoms with van der Waals surface area (Å²) in [5.41, 5.74) is 3.66. The van der Waals surface area contributed by atoms with Gasteiger partial charge in [0.2, 0.25) is 0 Å². The Labute approximate surface area is 81.3 Å². The topological polar surface area (TPSA) is 12.4 Å². The van der Waals surface area contributed by atoms with Crippen molar-refractivity contribution in [2.45, 2.75) is 33.6 Å². The Morgan fingerprint density at radius 1 is 1.38 bits per heavy atom. The molecule has 1 fully saturated rings. The fourth-order valence-electron chi connectivity index (χ4n) is 1.80. The molecule has 0 spiro atoms. The maximum absolute atomic E-state index is 4.16. The summed E-state index contributed by atoms with van der Waals surface area (Å²) in [6.07, 6.45) is 2.55. The summed E-state index contributed by atoms with van der Waals surface area (Å²) >= 11 is 0. The van der Waals surface area contributed by atoms with Crippen LogP contribution in [-0.4, -0.2) is 6.72 Å². The minimum atomic E-state index is 0.513. The van der Waals surface area contributed by atoms with Crippen molar-refractivity contribution in [3.05, 3.63) is 23.4 Å². The van der Waals surface area contributed by atoms with Gasteiger partial charge in [-0.3, -0.25) is 4.99 Å². The van der Waals surface area contributed by atoms with Gasteiger partial charge < -0.3 is 0 Å². The molecular weight excluding hydrogens is 158 g/mol. The highest BCUT2D eigenvalue weighted by molar-refractivity contribution is 5.40. The van der Waals surface area contributed by atoms with E-state index >= 15 is 0 Å². The van der Waals surface area contributed by atoms with Crippen molar-refractivity contribution < 1.29 is 0 Å². The summed E-state index contributed by atoms with van der Waals surface area (Å²) < 4.78 is 0. The van der Waals surface area contributed by atoms with E-state index < -0.39 is 0 Å². The molecule has 1 aliphatic carbocycles. The van der Waals surface area contributed by atoms with Gasteiger partial charge >= 0.3 is 0 Å². The summed E-state index contributed by atoms with van der Waals surface area (Å²) in [7, 11) is 0. The third-order valence-corrected chi connectivity index (χ3v) is 2.45. The second-order valence-corrected chi connectivity index (χ2v) is 4.17. The van der Waals surface area contributed by atoms with E-state index in [2.05, 4.69) is 39.1 Å². The van der Waals surface area contributed by atoms with Crippen LogP contribution in [0, 0.1) is 11.8 Å². The van der Waals surface area contributed by atoms with Crippen LogP contribution >= 0.6 is 0 Å². The van der Waals surface area contributed by atoms with Gasteiger partial charge in [0.1, 0.15) is 0 Å². The molecule has 0 unspecified atom stereocenters. The molecule has 1 rings (SSSR count). The molecule has 1 saturated carbocycles. The highest BCUT2D eigenvalue weighted by Crippen LogP contribution is 2.41. The number of allylic oxidation sites excluding steroid dienone is 3. The molecule has 1 heteroatoms. The molecule has 0 aliphatic heterocycles. The first kappa shape index (κ1) is 10.2. The zero-order chi connectivity index (χ0) is 10.0. The fraction of sp³-hybridized carbons (Fsp3) is 0.583. The Kier molecular flexibility index (Phi) is 3.07. The number of hydrogen-bond donors (Lipinski definition) is 0. The molecule has 1 nitrogen and oxygen atoms in total. The van der Waals surface area contributed by atoms with Crippen molar-refractivity contribution in [3.8, 4) is 0 Å². The first-order chi connectivity index (χ1) is 6.07. The second kappa shape index (κ2) is 3.91. The van der Waals surface area contributed by atoms with E-state index in [0.717, 1.165) is 5.57 Å². The van der Waals surface area contributed by atoms with Crippen LogP contribution in [0.4, 0.5) is 0 Å². The molecule has 0 amide bonds. The Morgan fingerprint density at radius 3 is 2.15 bits per heavy atom. The monoisotopic (exact) mass is 177 g/mol. The molecule has 0 aromatic carbocycles. The van der Waals surface area contributed by atoms with Gasteiger partial charge in [0, 0.05) is 11.6 Å². The smallest absolute Gasteiger partial charge is 0.0464 e. The quantitative estimate of drug-likeness (QED) is 0.459. The summed E-state index contributed by atoms with van der Waals surface area (Å²) in [6.45, 7) is 14.1. The van der Waals surface area contributed by atoms with Crippen LogP contribution in [0.2, 0.25) is 0 Å². The van der Waals surface area contributed by atoms with Crippen molar-refractivity contribution in [2.24, 2.45) is 16.8 Å². The predicted molar refractivity (Wildman–Crippen MR) is 59.0 cm³/mol. The lowest BCUT2D eigenvalue weighted by Crippen LogP contribution is -2.01. The van der Waals surface area contributed by atoms with Crippen LogP contribution < -0.4 is 0 Å². The largest absolute Gasteiger partial charge is 0.268 e. The average Bonchev–Trinajstić information content (AvgIpc) is 2.80. The van der Waals surface area contributed by atoms with Crippen molar-refractivity contribution in [2.75, 3.05) is 0 Å². The van der Waals surface area contributed by atoms with Gasteiger partial charge in [-0.15, -0.1) is 0 Å². The maximum Gasteiger partial charge on any atom is 0.0464 e. The highest BCUT2D eigenvalue weighted by Gasteiger charge is 2.28. The SMILES string of the molecule is C=N/C(=C(\C(=C)C)C(C)C)C1CC1. The normalized spacial score (nSPS) is 18.5. The van der Waals surface area contributed by atoms with Crippen molar-refractivity contribution in [1.82, 2.24) is 0 Å². The van der Waals surface area contributed by atoms with Crippen LogP contribution in [0.15, 0.2) is 28.4 Å². The van der Waals surface area contributed by atoms with Gasteiger partial charge in [0.05, 0.1) is 0 Å². The zero-order valence-electron chi connectivity index (χ0n) is 8.93. The van der Waals surface area contributed by atoms with Gasteiger partial charge in [0.25, 0.3) is 0 Å². The molecule has 0 saturated heterocycles. The predicted octanol–water partition coefficient (Wildman–Crippen LogP) is 3.58. The van der Waals surface area contributed by atoms with E-state index in [1.807, 2.05) is 0 Å². The fourth-order valence-corrected chi connectivity index (χ4v) is 1.80.